The lowest BCUT2D eigenvalue weighted by atomic mass is 10.3. The van der Waals surface area contributed by atoms with Gasteiger partial charge in [0.2, 0.25) is 5.91 Å². The van der Waals surface area contributed by atoms with Gasteiger partial charge < -0.3 is 23.5 Å². The summed E-state index contributed by atoms with van der Waals surface area (Å²) in [6.07, 6.45) is 1.90. The normalized spacial score (nSPS) is 11.3. The summed E-state index contributed by atoms with van der Waals surface area (Å²) in [5.74, 6) is -1.24. The van der Waals surface area contributed by atoms with Gasteiger partial charge in [0.05, 0.1) is 31.5 Å². The molecule has 0 spiro atoms. The Hall–Kier alpha value is -4.03. The van der Waals surface area contributed by atoms with Gasteiger partial charge in [0.1, 0.15) is 18.1 Å². The van der Waals surface area contributed by atoms with Crippen molar-refractivity contribution >= 4 is 23.7 Å². The molecule has 0 aliphatic rings. The van der Waals surface area contributed by atoms with Crippen molar-refractivity contribution in [3.8, 4) is 17.3 Å². The number of amides is 1. The Kier molecular flexibility index (Phi) is 8.63. The van der Waals surface area contributed by atoms with Crippen LogP contribution in [0.25, 0.3) is 11.6 Å². The van der Waals surface area contributed by atoms with E-state index in [2.05, 4.69) is 9.97 Å². The number of nitrogens with zero attached hydrogens (tertiary/aromatic N) is 4. The quantitative estimate of drug-likeness (QED) is 0.276. The number of furan rings is 1. The van der Waals surface area contributed by atoms with Crippen LogP contribution in [0.5, 0.6) is 5.75 Å². The summed E-state index contributed by atoms with van der Waals surface area (Å²) in [7, 11) is 0. The van der Waals surface area contributed by atoms with E-state index in [4.69, 9.17) is 18.6 Å². The van der Waals surface area contributed by atoms with E-state index in [0.717, 1.165) is 0 Å². The maximum atomic E-state index is 11.9. The number of hydrogen-bond acceptors (Lipinski definition) is 11. The van der Waals surface area contributed by atoms with E-state index < -0.39 is 28.9 Å². The highest BCUT2D eigenvalue weighted by atomic mass is 16.6. The van der Waals surface area contributed by atoms with Crippen molar-refractivity contribution in [3.63, 3.8) is 0 Å². The highest BCUT2D eigenvalue weighted by Gasteiger charge is 2.20. The molecule has 0 fully saturated rings. The molecule has 0 radical (unpaired) electrons. The molecule has 2 aromatic heterocycles. The van der Waals surface area contributed by atoms with Crippen molar-refractivity contribution in [1.29, 1.82) is 0 Å². The SMILES string of the molecule is CC(=O)OCC(CN(CCOc1cnc(-c2ccc([N+](=O)[O-])o2)nc1)C(C)=O)OC(C)=O. The van der Waals surface area contributed by atoms with Crippen LogP contribution in [0.2, 0.25) is 0 Å². The topological polar surface area (TPSA) is 164 Å². The number of hydrogen-bond donors (Lipinski definition) is 0. The molecule has 0 aliphatic carbocycles. The number of ether oxygens (including phenoxy) is 3. The van der Waals surface area contributed by atoms with Crippen molar-refractivity contribution in [3.05, 3.63) is 34.6 Å². The highest BCUT2D eigenvalue weighted by Crippen LogP contribution is 2.23. The van der Waals surface area contributed by atoms with Crippen molar-refractivity contribution in [1.82, 2.24) is 14.9 Å². The summed E-state index contributed by atoms with van der Waals surface area (Å²) in [6.45, 7) is 3.85. The van der Waals surface area contributed by atoms with Crippen LogP contribution >= 0.6 is 0 Å². The van der Waals surface area contributed by atoms with Crippen LogP contribution < -0.4 is 4.74 Å². The van der Waals surface area contributed by atoms with Crippen molar-refractivity contribution in [2.24, 2.45) is 0 Å². The third kappa shape index (κ3) is 7.66. The second-order valence-electron chi connectivity index (χ2n) is 6.48. The monoisotopic (exact) mass is 450 g/mol. The number of nitro groups is 1. The molecular formula is C19H22N4O9. The van der Waals surface area contributed by atoms with E-state index >= 15 is 0 Å². The number of esters is 2. The average molecular weight is 450 g/mol. The van der Waals surface area contributed by atoms with Crippen LogP contribution in [0.1, 0.15) is 20.8 Å². The Morgan fingerprint density at radius 1 is 1.16 bits per heavy atom. The summed E-state index contributed by atoms with van der Waals surface area (Å²) < 4.78 is 20.5. The molecule has 0 saturated heterocycles. The molecule has 0 bridgehead atoms. The average Bonchev–Trinajstić information content (AvgIpc) is 3.21. The maximum absolute atomic E-state index is 11.9. The van der Waals surface area contributed by atoms with Gasteiger partial charge in [-0.05, 0) is 6.07 Å². The summed E-state index contributed by atoms with van der Waals surface area (Å²) in [6, 6.07) is 2.58. The zero-order chi connectivity index (χ0) is 23.7. The molecule has 32 heavy (non-hydrogen) atoms. The van der Waals surface area contributed by atoms with Crippen LogP contribution in [0.4, 0.5) is 5.88 Å². The minimum atomic E-state index is -0.819. The first kappa shape index (κ1) is 24.2. The molecule has 172 valence electrons. The van der Waals surface area contributed by atoms with E-state index in [1.54, 1.807) is 0 Å². The van der Waals surface area contributed by atoms with Gasteiger partial charge in [0, 0.05) is 20.8 Å². The third-order valence-electron chi connectivity index (χ3n) is 3.92. The van der Waals surface area contributed by atoms with Gasteiger partial charge in [0.25, 0.3) is 0 Å². The van der Waals surface area contributed by atoms with E-state index in [1.165, 1.54) is 50.2 Å². The fourth-order valence-corrected chi connectivity index (χ4v) is 2.53. The smallest absolute Gasteiger partial charge is 0.433 e. The molecule has 0 saturated carbocycles. The molecule has 2 rings (SSSR count). The predicted octanol–water partition coefficient (Wildman–Crippen LogP) is 1.37. The predicted molar refractivity (Wildman–Crippen MR) is 106 cm³/mol. The number of carbonyl (C=O) groups is 3. The summed E-state index contributed by atoms with van der Waals surface area (Å²) in [5.41, 5.74) is 0. The number of aromatic nitrogens is 2. The molecule has 1 atom stereocenters. The minimum absolute atomic E-state index is 0.0122. The van der Waals surface area contributed by atoms with E-state index in [0.29, 0.717) is 5.75 Å². The number of rotatable bonds is 11. The zero-order valence-electron chi connectivity index (χ0n) is 17.7. The maximum Gasteiger partial charge on any atom is 0.433 e. The zero-order valence-corrected chi connectivity index (χ0v) is 17.7. The first-order valence-electron chi connectivity index (χ1n) is 9.41. The minimum Gasteiger partial charge on any atom is -0.489 e. The molecule has 0 N–H and O–H groups in total. The van der Waals surface area contributed by atoms with Gasteiger partial charge in [-0.3, -0.25) is 24.5 Å². The summed E-state index contributed by atoms with van der Waals surface area (Å²) in [5, 5.41) is 10.7. The fraction of sp³-hybridized carbons (Fsp3) is 0.421. The van der Waals surface area contributed by atoms with Gasteiger partial charge >= 0.3 is 17.8 Å². The van der Waals surface area contributed by atoms with Crippen LogP contribution in [0.15, 0.2) is 28.9 Å². The Bertz CT molecular complexity index is 958. The Morgan fingerprint density at radius 2 is 1.84 bits per heavy atom. The molecule has 0 aromatic carbocycles. The van der Waals surface area contributed by atoms with Gasteiger partial charge in [-0.2, -0.15) is 0 Å². The standard InChI is InChI=1S/C19H22N4O9/c1-12(24)22(10-16(31-14(3)26)11-30-13(2)25)6-7-29-15-8-20-19(21-9-15)17-4-5-18(32-17)23(27)28/h4-5,8-9,16H,6-7,10-11H2,1-3H3. The molecule has 0 aliphatic heterocycles. The van der Waals surface area contributed by atoms with Crippen LogP contribution in [0.3, 0.4) is 0 Å². The summed E-state index contributed by atoms with van der Waals surface area (Å²) >= 11 is 0. The molecule has 2 aromatic rings. The molecule has 13 nitrogen and oxygen atoms in total. The highest BCUT2D eigenvalue weighted by molar-refractivity contribution is 5.73. The molecule has 2 heterocycles. The Morgan fingerprint density at radius 3 is 2.38 bits per heavy atom. The van der Waals surface area contributed by atoms with Crippen molar-refractivity contribution in [2.75, 3.05) is 26.3 Å². The van der Waals surface area contributed by atoms with Gasteiger partial charge in [-0.1, -0.05) is 0 Å². The van der Waals surface area contributed by atoms with Crippen LogP contribution in [-0.4, -0.2) is 70.0 Å². The lowest BCUT2D eigenvalue weighted by Gasteiger charge is -2.26. The Balaban J connectivity index is 1.91. The lowest BCUT2D eigenvalue weighted by molar-refractivity contribution is -0.401. The lowest BCUT2D eigenvalue weighted by Crippen LogP contribution is -2.42. The van der Waals surface area contributed by atoms with Crippen LogP contribution in [0, 0.1) is 10.1 Å². The van der Waals surface area contributed by atoms with E-state index in [1.807, 2.05) is 0 Å². The second kappa shape index (κ2) is 11.4. The second-order valence-corrected chi connectivity index (χ2v) is 6.48. The Labute approximate surface area is 182 Å². The molecule has 1 unspecified atom stereocenters. The largest absolute Gasteiger partial charge is 0.489 e. The van der Waals surface area contributed by atoms with Crippen molar-refractivity contribution < 1.29 is 37.9 Å². The van der Waals surface area contributed by atoms with E-state index in [-0.39, 0.29) is 43.8 Å². The fourth-order valence-electron chi connectivity index (χ4n) is 2.53. The van der Waals surface area contributed by atoms with Crippen molar-refractivity contribution in [2.45, 2.75) is 26.9 Å². The van der Waals surface area contributed by atoms with E-state index in [9.17, 15) is 24.5 Å². The molecule has 1 amide bonds. The first-order valence-corrected chi connectivity index (χ1v) is 9.41. The van der Waals surface area contributed by atoms with Gasteiger partial charge in [0.15, 0.2) is 23.4 Å². The third-order valence-corrected chi connectivity index (χ3v) is 3.92. The molecule has 13 heteroatoms. The first-order chi connectivity index (χ1) is 15.2. The van der Waals surface area contributed by atoms with Gasteiger partial charge in [-0.25, -0.2) is 9.97 Å². The summed E-state index contributed by atoms with van der Waals surface area (Å²) in [4.78, 5) is 53.7. The number of carbonyl (C=O) groups excluding carboxylic acids is 3. The van der Waals surface area contributed by atoms with Gasteiger partial charge in [-0.15, -0.1) is 0 Å². The van der Waals surface area contributed by atoms with Crippen LogP contribution in [-0.2, 0) is 23.9 Å². The molecular weight excluding hydrogens is 428 g/mol.